The van der Waals surface area contributed by atoms with Gasteiger partial charge in [-0.15, -0.1) is 11.3 Å². The third-order valence-corrected chi connectivity index (χ3v) is 9.01. The van der Waals surface area contributed by atoms with Crippen molar-refractivity contribution in [2.45, 2.75) is 89.7 Å². The van der Waals surface area contributed by atoms with Crippen LogP contribution in [0.3, 0.4) is 0 Å². The molecule has 4 atom stereocenters. The van der Waals surface area contributed by atoms with Crippen LogP contribution in [0.15, 0.2) is 29.8 Å². The molecule has 14 heteroatoms. The van der Waals surface area contributed by atoms with Gasteiger partial charge in [-0.25, -0.2) is 9.37 Å². The van der Waals surface area contributed by atoms with E-state index in [4.69, 9.17) is 5.11 Å². The van der Waals surface area contributed by atoms with E-state index in [9.17, 15) is 33.5 Å². The molecule has 1 aliphatic heterocycles. The van der Waals surface area contributed by atoms with Crippen molar-refractivity contribution >= 4 is 40.9 Å². The zero-order valence-electron chi connectivity index (χ0n) is 25.8. The number of carbonyl (C=O) groups excluding carboxylic acids is 4. The highest BCUT2D eigenvalue weighted by molar-refractivity contribution is 7.13. The van der Waals surface area contributed by atoms with E-state index >= 15 is 0 Å². The van der Waals surface area contributed by atoms with Crippen molar-refractivity contribution in [2.75, 3.05) is 13.1 Å². The number of benzene rings is 1. The third-order valence-electron chi connectivity index (χ3n) is 8.04. The first-order chi connectivity index (χ1) is 21.1. The summed E-state index contributed by atoms with van der Waals surface area (Å²) in [6.07, 6.45) is -1.42. The lowest BCUT2D eigenvalue weighted by Crippen LogP contribution is -2.59. The predicted octanol–water partition coefficient (Wildman–Crippen LogP) is 2.25. The van der Waals surface area contributed by atoms with E-state index in [2.05, 4.69) is 20.9 Å². The highest BCUT2D eigenvalue weighted by atomic mass is 32.1. The van der Waals surface area contributed by atoms with Gasteiger partial charge in [-0.05, 0) is 36.3 Å². The molecule has 1 saturated heterocycles. The molecule has 1 aliphatic carbocycles. The van der Waals surface area contributed by atoms with Gasteiger partial charge in [0.25, 0.3) is 5.91 Å². The molecule has 1 saturated carbocycles. The van der Waals surface area contributed by atoms with Gasteiger partial charge in [0.1, 0.15) is 12.1 Å². The first-order valence-electron chi connectivity index (χ1n) is 14.9. The van der Waals surface area contributed by atoms with Crippen LogP contribution in [0.5, 0.6) is 0 Å². The Morgan fingerprint density at radius 1 is 1.13 bits per heavy atom. The highest BCUT2D eigenvalue weighted by Gasteiger charge is 2.53. The Bertz CT molecular complexity index is 1440. The molecule has 0 bridgehead atoms. The van der Waals surface area contributed by atoms with Crippen molar-refractivity contribution in [2.24, 2.45) is 5.41 Å². The summed E-state index contributed by atoms with van der Waals surface area (Å²) in [6, 6.07) is 4.11. The minimum atomic E-state index is -2.00. The lowest BCUT2D eigenvalue weighted by Gasteiger charge is -2.36. The maximum Gasteiger partial charge on any atom is 0.305 e. The SMILES string of the molecule is Cc1ncsc1-c1ccc(C(CC(=O)NCCC(=O)O)NC(=O)[C@@H]2C[C@@H](O)CN2C(=O)C(NC(=O)C2(F)CC2)C(C)(C)C)cc1. The summed E-state index contributed by atoms with van der Waals surface area (Å²) in [5.74, 6) is -3.67. The Hall–Kier alpha value is -3.91. The Labute approximate surface area is 264 Å². The van der Waals surface area contributed by atoms with Crippen LogP contribution in [-0.4, -0.2) is 86.6 Å². The molecule has 2 heterocycles. The van der Waals surface area contributed by atoms with Gasteiger partial charge in [0.15, 0.2) is 5.67 Å². The Morgan fingerprint density at radius 3 is 2.36 bits per heavy atom. The second kappa shape index (κ2) is 13.6. The highest BCUT2D eigenvalue weighted by Crippen LogP contribution is 2.40. The van der Waals surface area contributed by atoms with Gasteiger partial charge < -0.3 is 31.1 Å². The molecular formula is C31H40FN5O7S. The van der Waals surface area contributed by atoms with E-state index in [0.29, 0.717) is 5.56 Å². The number of alkyl halides is 1. The summed E-state index contributed by atoms with van der Waals surface area (Å²) < 4.78 is 14.5. The number of β-amino-alcohol motifs (C(OH)–C–C–N with tert-alkyl or cyclic N) is 1. The van der Waals surface area contributed by atoms with Crippen molar-refractivity contribution in [1.82, 2.24) is 25.8 Å². The number of nitrogens with one attached hydrogen (secondary N) is 3. The number of nitrogens with zero attached hydrogens (tertiary/aromatic N) is 2. The van der Waals surface area contributed by atoms with E-state index in [0.717, 1.165) is 16.1 Å². The standard InChI is InChI=1S/C31H40FN5O7S/c1-17-25(45-16-34-17)19-7-5-18(6-8-19)21(14-23(39)33-12-9-24(40)41)35-27(42)22-13-20(38)15-37(22)28(43)26(30(2,3)4)36-29(44)31(32)10-11-31/h5-8,16,20-22,26,38H,9-15H2,1-4H3,(H,33,39)(H,35,42)(H,36,44)(H,40,41)/t20-,21?,22+,26?/m1/s1. The summed E-state index contributed by atoms with van der Waals surface area (Å²) >= 11 is 1.48. The largest absolute Gasteiger partial charge is 0.481 e. The topological polar surface area (TPSA) is 178 Å². The van der Waals surface area contributed by atoms with Gasteiger partial charge >= 0.3 is 5.97 Å². The predicted molar refractivity (Wildman–Crippen MR) is 164 cm³/mol. The van der Waals surface area contributed by atoms with Crippen LogP contribution in [-0.2, 0) is 24.0 Å². The molecule has 244 valence electrons. The van der Waals surface area contributed by atoms with E-state index in [1.165, 1.54) is 16.2 Å². The van der Waals surface area contributed by atoms with E-state index < -0.39 is 64.9 Å². The monoisotopic (exact) mass is 645 g/mol. The van der Waals surface area contributed by atoms with Gasteiger partial charge in [0, 0.05) is 19.5 Å². The van der Waals surface area contributed by atoms with Gasteiger partial charge in [-0.3, -0.25) is 24.0 Å². The number of hydrogen-bond donors (Lipinski definition) is 5. The number of carbonyl (C=O) groups is 5. The van der Waals surface area contributed by atoms with Crippen molar-refractivity contribution < 1.29 is 38.6 Å². The molecule has 45 heavy (non-hydrogen) atoms. The Morgan fingerprint density at radius 2 is 1.80 bits per heavy atom. The second-order valence-corrected chi connectivity index (χ2v) is 13.6. The second-order valence-electron chi connectivity index (χ2n) is 12.8. The van der Waals surface area contributed by atoms with Crippen LogP contribution in [0.1, 0.15) is 70.2 Å². The lowest BCUT2D eigenvalue weighted by atomic mass is 9.85. The number of aliphatic hydroxyl groups is 1. The molecule has 4 rings (SSSR count). The molecule has 4 amide bonds. The molecular weight excluding hydrogens is 605 g/mol. The molecule has 0 spiro atoms. The van der Waals surface area contributed by atoms with Crippen LogP contribution in [0.25, 0.3) is 10.4 Å². The molecule has 1 aromatic carbocycles. The number of aliphatic carboxylic acids is 1. The van der Waals surface area contributed by atoms with Crippen LogP contribution >= 0.6 is 11.3 Å². The summed E-state index contributed by atoms with van der Waals surface area (Å²) in [5, 5.41) is 27.4. The van der Waals surface area contributed by atoms with Crippen LogP contribution in [0.2, 0.25) is 0 Å². The zero-order chi connectivity index (χ0) is 33.1. The number of amides is 4. The number of aryl methyl sites for hydroxylation is 1. The number of likely N-dealkylation sites (tertiary alicyclic amines) is 1. The number of aromatic nitrogens is 1. The number of carboxylic acids is 1. The minimum absolute atomic E-state index is 0.0729. The molecule has 2 unspecified atom stereocenters. The number of rotatable bonds is 12. The number of aliphatic hydroxyl groups excluding tert-OH is 1. The number of halogens is 1. The molecule has 5 N–H and O–H groups in total. The van der Waals surface area contributed by atoms with Crippen molar-refractivity contribution in [3.05, 3.63) is 41.0 Å². The average molecular weight is 646 g/mol. The molecule has 2 aliphatic rings. The van der Waals surface area contributed by atoms with Gasteiger partial charge in [-0.2, -0.15) is 0 Å². The first-order valence-corrected chi connectivity index (χ1v) is 15.7. The Balaban J connectivity index is 1.55. The molecule has 1 aromatic heterocycles. The smallest absolute Gasteiger partial charge is 0.305 e. The first kappa shape index (κ1) is 34.0. The normalized spacial score (nSPS) is 20.2. The Kier molecular flexibility index (Phi) is 10.3. The average Bonchev–Trinajstić information content (AvgIpc) is 3.37. The van der Waals surface area contributed by atoms with Gasteiger partial charge in [-0.1, -0.05) is 45.0 Å². The molecule has 12 nitrogen and oxygen atoms in total. The van der Waals surface area contributed by atoms with Gasteiger partial charge in [0.05, 0.1) is 41.1 Å². The van der Waals surface area contributed by atoms with Crippen molar-refractivity contribution in [3.63, 3.8) is 0 Å². The maximum absolute atomic E-state index is 14.5. The fourth-order valence-electron chi connectivity index (χ4n) is 5.25. The van der Waals surface area contributed by atoms with Crippen molar-refractivity contribution in [3.8, 4) is 10.4 Å². The fourth-order valence-corrected chi connectivity index (χ4v) is 6.06. The lowest BCUT2D eigenvalue weighted by molar-refractivity contribution is -0.145. The summed E-state index contributed by atoms with van der Waals surface area (Å²) in [7, 11) is 0. The number of hydrogen-bond acceptors (Lipinski definition) is 8. The van der Waals surface area contributed by atoms with E-state index in [1.54, 1.807) is 38.4 Å². The number of carboxylic acid groups (broad SMARTS) is 1. The summed E-state index contributed by atoms with van der Waals surface area (Å²) in [5.41, 5.74) is 1.27. The molecule has 2 aromatic rings. The molecule has 0 radical (unpaired) electrons. The zero-order valence-corrected chi connectivity index (χ0v) is 26.6. The molecule has 2 fully saturated rings. The van der Waals surface area contributed by atoms with Crippen molar-refractivity contribution in [1.29, 1.82) is 0 Å². The maximum atomic E-state index is 14.5. The quantitative estimate of drug-likeness (QED) is 0.233. The summed E-state index contributed by atoms with van der Waals surface area (Å²) in [6.45, 7) is 6.78. The van der Waals surface area contributed by atoms with Gasteiger partial charge in [0.2, 0.25) is 17.7 Å². The van der Waals surface area contributed by atoms with E-state index in [1.807, 2.05) is 19.1 Å². The van der Waals surface area contributed by atoms with E-state index in [-0.39, 0.29) is 45.2 Å². The fraction of sp³-hybridized carbons (Fsp3) is 0.548. The minimum Gasteiger partial charge on any atom is -0.481 e. The van der Waals surface area contributed by atoms with Crippen LogP contribution in [0, 0.1) is 12.3 Å². The van der Waals surface area contributed by atoms with Crippen LogP contribution in [0.4, 0.5) is 4.39 Å². The third kappa shape index (κ3) is 8.42. The summed E-state index contributed by atoms with van der Waals surface area (Å²) in [4.78, 5) is 70.2. The van der Waals surface area contributed by atoms with Crippen LogP contribution < -0.4 is 16.0 Å². The number of thiazole rings is 1.